The van der Waals surface area contributed by atoms with Gasteiger partial charge in [0.2, 0.25) is 0 Å². The molecule has 0 amide bonds. The van der Waals surface area contributed by atoms with Crippen molar-refractivity contribution in [2.24, 2.45) is 0 Å². The number of rotatable bonds is 6. The Balaban J connectivity index is 1.64. The van der Waals surface area contributed by atoms with Crippen LogP contribution in [0.3, 0.4) is 0 Å². The highest BCUT2D eigenvalue weighted by atomic mass is 32.2. The van der Waals surface area contributed by atoms with Crippen LogP contribution in [0, 0.1) is 0 Å². The molecule has 164 valence electrons. The van der Waals surface area contributed by atoms with Crippen molar-refractivity contribution < 1.29 is 9.47 Å². The number of benzene rings is 4. The van der Waals surface area contributed by atoms with E-state index in [-0.39, 0.29) is 5.56 Å². The third-order valence-corrected chi connectivity index (χ3v) is 6.59. The standard InChI is InChI=1S/C27H22N2O3S/c1-31-24-15-14-20(16-25(24)32-2)29-26(30)22-12-5-6-13-23(22)28-27(29)33-17-19-10-7-9-18-8-3-4-11-21(18)19/h3-16H,17H2,1-2H3. The number of aromatic nitrogens is 2. The lowest BCUT2D eigenvalue weighted by Crippen LogP contribution is -2.21. The highest BCUT2D eigenvalue weighted by Crippen LogP contribution is 2.32. The number of fused-ring (bicyclic) bond motifs is 2. The van der Waals surface area contributed by atoms with Crippen LogP contribution in [0.15, 0.2) is 94.9 Å². The molecule has 0 unspecified atom stereocenters. The molecule has 0 fully saturated rings. The minimum atomic E-state index is -0.117. The highest BCUT2D eigenvalue weighted by molar-refractivity contribution is 7.98. The SMILES string of the molecule is COc1ccc(-n2c(SCc3cccc4ccccc34)nc3ccccc3c2=O)cc1OC. The van der Waals surface area contributed by atoms with E-state index in [0.29, 0.717) is 39.0 Å². The van der Waals surface area contributed by atoms with Crippen molar-refractivity contribution in [2.45, 2.75) is 10.9 Å². The summed E-state index contributed by atoms with van der Waals surface area (Å²) in [5.74, 6) is 1.84. The fourth-order valence-corrected chi connectivity index (χ4v) is 4.98. The zero-order valence-electron chi connectivity index (χ0n) is 18.3. The van der Waals surface area contributed by atoms with Gasteiger partial charge in [0.15, 0.2) is 16.7 Å². The summed E-state index contributed by atoms with van der Waals surface area (Å²) in [5.41, 5.74) is 2.43. The van der Waals surface area contributed by atoms with Crippen LogP contribution in [0.2, 0.25) is 0 Å². The fourth-order valence-electron chi connectivity index (χ4n) is 3.96. The van der Waals surface area contributed by atoms with Crippen LogP contribution in [0.5, 0.6) is 11.5 Å². The van der Waals surface area contributed by atoms with Crippen molar-refractivity contribution in [1.29, 1.82) is 0 Å². The molecule has 5 nitrogen and oxygen atoms in total. The van der Waals surface area contributed by atoms with E-state index in [9.17, 15) is 4.79 Å². The largest absolute Gasteiger partial charge is 0.493 e. The van der Waals surface area contributed by atoms with E-state index >= 15 is 0 Å². The van der Waals surface area contributed by atoms with Gasteiger partial charge in [0.05, 0.1) is 30.8 Å². The second-order valence-electron chi connectivity index (χ2n) is 7.52. The van der Waals surface area contributed by atoms with Crippen molar-refractivity contribution in [1.82, 2.24) is 9.55 Å². The van der Waals surface area contributed by atoms with Crippen LogP contribution in [-0.2, 0) is 5.75 Å². The summed E-state index contributed by atoms with van der Waals surface area (Å²) in [6.45, 7) is 0. The number of methoxy groups -OCH3 is 2. The zero-order valence-corrected chi connectivity index (χ0v) is 19.1. The van der Waals surface area contributed by atoms with Gasteiger partial charge in [-0.25, -0.2) is 4.98 Å². The van der Waals surface area contributed by atoms with Crippen LogP contribution >= 0.6 is 11.8 Å². The summed E-state index contributed by atoms with van der Waals surface area (Å²) in [4.78, 5) is 18.4. The molecule has 0 aliphatic carbocycles. The average Bonchev–Trinajstić information content (AvgIpc) is 2.87. The molecule has 1 heterocycles. The maximum atomic E-state index is 13.6. The lowest BCUT2D eigenvalue weighted by Gasteiger charge is -2.15. The number of nitrogens with zero attached hydrogens (tertiary/aromatic N) is 2. The number of ether oxygens (including phenoxy) is 2. The summed E-state index contributed by atoms with van der Waals surface area (Å²) in [7, 11) is 3.17. The number of hydrogen-bond donors (Lipinski definition) is 0. The Kier molecular flexibility index (Phi) is 5.75. The summed E-state index contributed by atoms with van der Waals surface area (Å²) in [6, 6.07) is 27.5. The van der Waals surface area contributed by atoms with Gasteiger partial charge in [0.25, 0.3) is 5.56 Å². The predicted octanol–water partition coefficient (Wildman–Crippen LogP) is 5.85. The second-order valence-corrected chi connectivity index (χ2v) is 8.46. The number of para-hydroxylation sites is 1. The molecule has 5 rings (SSSR count). The molecule has 0 N–H and O–H groups in total. The van der Waals surface area contributed by atoms with E-state index in [4.69, 9.17) is 14.5 Å². The lowest BCUT2D eigenvalue weighted by molar-refractivity contribution is 0.354. The third-order valence-electron chi connectivity index (χ3n) is 5.61. The maximum Gasteiger partial charge on any atom is 0.266 e. The second kappa shape index (κ2) is 9.00. The summed E-state index contributed by atoms with van der Waals surface area (Å²) < 4.78 is 12.5. The molecule has 5 aromatic rings. The molecule has 33 heavy (non-hydrogen) atoms. The smallest absolute Gasteiger partial charge is 0.266 e. The number of thioether (sulfide) groups is 1. The molecule has 0 aliphatic rings. The third kappa shape index (κ3) is 3.94. The van der Waals surface area contributed by atoms with E-state index in [1.807, 2.05) is 36.4 Å². The van der Waals surface area contributed by atoms with E-state index in [0.717, 1.165) is 0 Å². The summed E-state index contributed by atoms with van der Waals surface area (Å²) in [5, 5.41) is 3.59. The molecule has 0 bridgehead atoms. The monoisotopic (exact) mass is 454 g/mol. The molecule has 0 radical (unpaired) electrons. The molecule has 0 aliphatic heterocycles. The minimum Gasteiger partial charge on any atom is -0.493 e. The van der Waals surface area contributed by atoms with E-state index < -0.39 is 0 Å². The van der Waals surface area contributed by atoms with Gasteiger partial charge in [-0.2, -0.15) is 0 Å². The summed E-state index contributed by atoms with van der Waals surface area (Å²) in [6.07, 6.45) is 0. The van der Waals surface area contributed by atoms with Crippen molar-refractivity contribution in [3.63, 3.8) is 0 Å². The first-order valence-electron chi connectivity index (χ1n) is 10.5. The van der Waals surface area contributed by atoms with E-state index in [1.165, 1.54) is 16.3 Å². The molecule has 4 aromatic carbocycles. The van der Waals surface area contributed by atoms with Gasteiger partial charge in [-0.15, -0.1) is 0 Å². The highest BCUT2D eigenvalue weighted by Gasteiger charge is 2.16. The molecule has 1 aromatic heterocycles. The topological polar surface area (TPSA) is 53.4 Å². The average molecular weight is 455 g/mol. The lowest BCUT2D eigenvalue weighted by atomic mass is 10.1. The quantitative estimate of drug-likeness (QED) is 0.238. The van der Waals surface area contributed by atoms with Crippen molar-refractivity contribution in [2.75, 3.05) is 14.2 Å². The van der Waals surface area contributed by atoms with E-state index in [2.05, 4.69) is 30.3 Å². The Morgan fingerprint density at radius 3 is 2.36 bits per heavy atom. The van der Waals surface area contributed by atoms with Gasteiger partial charge in [0.1, 0.15) is 0 Å². The van der Waals surface area contributed by atoms with Crippen LogP contribution in [0.4, 0.5) is 0 Å². The van der Waals surface area contributed by atoms with Gasteiger partial charge in [-0.3, -0.25) is 9.36 Å². The Bertz CT molecular complexity index is 1520. The van der Waals surface area contributed by atoms with Crippen LogP contribution in [0.1, 0.15) is 5.56 Å². The molecule has 0 saturated heterocycles. The van der Waals surface area contributed by atoms with Crippen molar-refractivity contribution in [3.05, 3.63) is 101 Å². The van der Waals surface area contributed by atoms with Crippen LogP contribution < -0.4 is 15.0 Å². The molecule has 0 atom stereocenters. The normalized spacial score (nSPS) is 11.1. The van der Waals surface area contributed by atoms with Gasteiger partial charge in [-0.1, -0.05) is 66.4 Å². The van der Waals surface area contributed by atoms with E-state index in [1.54, 1.807) is 48.7 Å². The zero-order chi connectivity index (χ0) is 22.8. The maximum absolute atomic E-state index is 13.6. The Hall–Kier alpha value is -3.77. The first-order chi connectivity index (χ1) is 16.2. The summed E-state index contributed by atoms with van der Waals surface area (Å²) >= 11 is 1.54. The van der Waals surface area contributed by atoms with Crippen molar-refractivity contribution >= 4 is 33.4 Å². The van der Waals surface area contributed by atoms with Crippen molar-refractivity contribution in [3.8, 4) is 17.2 Å². The Morgan fingerprint density at radius 2 is 1.55 bits per heavy atom. The Labute approximate surface area is 195 Å². The molecular formula is C27H22N2O3S. The predicted molar refractivity (Wildman–Crippen MR) is 134 cm³/mol. The fraction of sp³-hybridized carbons (Fsp3) is 0.111. The molecule has 6 heteroatoms. The van der Waals surface area contributed by atoms with Crippen LogP contribution in [0.25, 0.3) is 27.4 Å². The van der Waals surface area contributed by atoms with Gasteiger partial charge >= 0.3 is 0 Å². The molecular weight excluding hydrogens is 432 g/mol. The molecule has 0 saturated carbocycles. The van der Waals surface area contributed by atoms with Crippen LogP contribution in [-0.4, -0.2) is 23.8 Å². The first kappa shape index (κ1) is 21.1. The van der Waals surface area contributed by atoms with Gasteiger partial charge in [0, 0.05) is 11.8 Å². The van der Waals surface area contributed by atoms with Gasteiger partial charge < -0.3 is 9.47 Å². The van der Waals surface area contributed by atoms with Gasteiger partial charge in [-0.05, 0) is 40.6 Å². The molecule has 0 spiro atoms. The minimum absolute atomic E-state index is 0.117. The first-order valence-corrected chi connectivity index (χ1v) is 11.5. The number of hydrogen-bond acceptors (Lipinski definition) is 5. The Morgan fingerprint density at radius 1 is 0.818 bits per heavy atom.